The van der Waals surface area contributed by atoms with E-state index >= 15 is 0 Å². The predicted molar refractivity (Wildman–Crippen MR) is 99.2 cm³/mol. The standard InChI is InChI=1S/C18H21N7O/c1-24(11-14-7-20-18(19)21-8-14)10-13-3-5-15(6-4-13)17(26)23-16-9-22-25(2)12-16/h3-9,12H,10-11H2,1-2H3,(H,23,26)(H2,19,20,21). The van der Waals surface area contributed by atoms with Gasteiger partial charge in [0.25, 0.3) is 5.91 Å². The summed E-state index contributed by atoms with van der Waals surface area (Å²) in [5.41, 5.74) is 8.88. The fourth-order valence-electron chi connectivity index (χ4n) is 2.58. The SMILES string of the molecule is CN(Cc1ccc(C(=O)Nc2cnn(C)c2)cc1)Cc1cnc(N)nc1. The number of carbonyl (C=O) groups excluding carboxylic acids is 1. The third-order valence-electron chi connectivity index (χ3n) is 3.81. The predicted octanol–water partition coefficient (Wildman–Crippen LogP) is 1.68. The molecular weight excluding hydrogens is 330 g/mol. The monoisotopic (exact) mass is 351 g/mol. The highest BCUT2D eigenvalue weighted by atomic mass is 16.1. The summed E-state index contributed by atoms with van der Waals surface area (Å²) in [5, 5.41) is 6.85. The lowest BCUT2D eigenvalue weighted by molar-refractivity contribution is 0.102. The van der Waals surface area contributed by atoms with Crippen molar-refractivity contribution in [1.82, 2.24) is 24.6 Å². The zero-order chi connectivity index (χ0) is 18.5. The van der Waals surface area contributed by atoms with Crippen molar-refractivity contribution in [2.45, 2.75) is 13.1 Å². The maximum absolute atomic E-state index is 12.2. The summed E-state index contributed by atoms with van der Waals surface area (Å²) in [4.78, 5) is 22.4. The van der Waals surface area contributed by atoms with Gasteiger partial charge in [-0.25, -0.2) is 9.97 Å². The van der Waals surface area contributed by atoms with E-state index in [2.05, 4.69) is 25.3 Å². The summed E-state index contributed by atoms with van der Waals surface area (Å²) in [6.07, 6.45) is 6.82. The third-order valence-corrected chi connectivity index (χ3v) is 3.81. The highest BCUT2D eigenvalue weighted by Crippen LogP contribution is 2.11. The molecule has 0 saturated heterocycles. The lowest BCUT2D eigenvalue weighted by atomic mass is 10.1. The van der Waals surface area contributed by atoms with Crippen molar-refractivity contribution in [3.63, 3.8) is 0 Å². The third kappa shape index (κ3) is 4.64. The molecule has 3 N–H and O–H groups in total. The normalized spacial score (nSPS) is 10.9. The molecule has 0 saturated carbocycles. The first kappa shape index (κ1) is 17.6. The van der Waals surface area contributed by atoms with Crippen LogP contribution >= 0.6 is 0 Å². The molecule has 3 aromatic rings. The van der Waals surface area contributed by atoms with Gasteiger partial charge >= 0.3 is 0 Å². The minimum atomic E-state index is -0.156. The molecule has 0 spiro atoms. The zero-order valence-electron chi connectivity index (χ0n) is 14.8. The lowest BCUT2D eigenvalue weighted by Crippen LogP contribution is -2.18. The summed E-state index contributed by atoms with van der Waals surface area (Å²) in [6, 6.07) is 7.55. The second-order valence-electron chi connectivity index (χ2n) is 6.18. The van der Waals surface area contributed by atoms with Crippen molar-refractivity contribution in [3.8, 4) is 0 Å². The molecule has 1 amide bonds. The molecule has 3 rings (SSSR count). The summed E-state index contributed by atoms with van der Waals surface area (Å²) < 4.78 is 1.64. The lowest BCUT2D eigenvalue weighted by Gasteiger charge is -2.16. The molecule has 0 bridgehead atoms. The van der Waals surface area contributed by atoms with Crippen molar-refractivity contribution in [1.29, 1.82) is 0 Å². The minimum Gasteiger partial charge on any atom is -0.368 e. The number of nitrogens with one attached hydrogen (secondary N) is 1. The average molecular weight is 351 g/mol. The minimum absolute atomic E-state index is 0.156. The highest BCUT2D eigenvalue weighted by molar-refractivity contribution is 6.04. The summed E-state index contributed by atoms with van der Waals surface area (Å²) in [7, 11) is 3.82. The number of nitrogen functional groups attached to an aromatic ring is 1. The molecule has 0 aliphatic carbocycles. The van der Waals surface area contributed by atoms with Gasteiger partial charge in [-0.2, -0.15) is 5.10 Å². The van der Waals surface area contributed by atoms with E-state index in [4.69, 9.17) is 5.73 Å². The smallest absolute Gasteiger partial charge is 0.255 e. The second kappa shape index (κ2) is 7.75. The van der Waals surface area contributed by atoms with Crippen LogP contribution in [-0.2, 0) is 20.1 Å². The van der Waals surface area contributed by atoms with Crippen molar-refractivity contribution in [2.75, 3.05) is 18.1 Å². The Morgan fingerprint density at radius 1 is 1.12 bits per heavy atom. The first-order valence-corrected chi connectivity index (χ1v) is 8.13. The molecule has 0 radical (unpaired) electrons. The Balaban J connectivity index is 1.56. The Labute approximate surface area is 151 Å². The van der Waals surface area contributed by atoms with Crippen molar-refractivity contribution in [3.05, 3.63) is 65.7 Å². The Morgan fingerprint density at radius 2 is 1.77 bits per heavy atom. The van der Waals surface area contributed by atoms with Gasteiger partial charge in [0.2, 0.25) is 5.95 Å². The van der Waals surface area contributed by atoms with Gasteiger partial charge in [0.15, 0.2) is 0 Å². The van der Waals surface area contributed by atoms with E-state index in [0.29, 0.717) is 17.8 Å². The van der Waals surface area contributed by atoms with E-state index in [1.165, 1.54) is 0 Å². The number of amides is 1. The molecule has 0 aliphatic rings. The maximum atomic E-state index is 12.2. The Hall–Kier alpha value is -3.26. The van der Waals surface area contributed by atoms with Crippen LogP contribution in [0.3, 0.4) is 0 Å². The molecular formula is C18H21N7O. The van der Waals surface area contributed by atoms with Gasteiger partial charge in [-0.15, -0.1) is 0 Å². The van der Waals surface area contributed by atoms with E-state index in [-0.39, 0.29) is 11.9 Å². The topological polar surface area (TPSA) is 102 Å². The number of nitrogens with zero attached hydrogens (tertiary/aromatic N) is 5. The summed E-state index contributed by atoms with van der Waals surface area (Å²) in [5.74, 6) is 0.119. The van der Waals surface area contributed by atoms with Crippen LogP contribution in [0.25, 0.3) is 0 Å². The number of rotatable bonds is 6. The maximum Gasteiger partial charge on any atom is 0.255 e. The molecule has 8 nitrogen and oxygen atoms in total. The molecule has 0 aliphatic heterocycles. The van der Waals surface area contributed by atoms with Crippen molar-refractivity contribution >= 4 is 17.5 Å². The van der Waals surface area contributed by atoms with Gasteiger partial charge in [0.05, 0.1) is 11.9 Å². The van der Waals surface area contributed by atoms with E-state index in [1.807, 2.05) is 31.3 Å². The molecule has 0 fully saturated rings. The largest absolute Gasteiger partial charge is 0.368 e. The zero-order valence-corrected chi connectivity index (χ0v) is 14.8. The number of carbonyl (C=O) groups is 1. The summed E-state index contributed by atoms with van der Waals surface area (Å²) in [6.45, 7) is 1.46. The quantitative estimate of drug-likeness (QED) is 0.700. The van der Waals surface area contributed by atoms with Crippen LogP contribution in [0, 0.1) is 0 Å². The van der Waals surface area contributed by atoms with Crippen LogP contribution in [0.5, 0.6) is 0 Å². The van der Waals surface area contributed by atoms with Gasteiger partial charge in [0, 0.05) is 49.9 Å². The average Bonchev–Trinajstić information content (AvgIpc) is 3.02. The van der Waals surface area contributed by atoms with Gasteiger partial charge < -0.3 is 11.1 Å². The molecule has 8 heteroatoms. The van der Waals surface area contributed by atoms with E-state index in [0.717, 1.165) is 17.7 Å². The number of benzene rings is 1. The van der Waals surface area contributed by atoms with E-state index in [9.17, 15) is 4.79 Å². The van der Waals surface area contributed by atoms with E-state index in [1.54, 1.807) is 36.5 Å². The number of hydrogen-bond donors (Lipinski definition) is 2. The molecule has 2 heterocycles. The van der Waals surface area contributed by atoms with Gasteiger partial charge in [-0.05, 0) is 24.7 Å². The fraction of sp³-hybridized carbons (Fsp3) is 0.222. The second-order valence-corrected chi connectivity index (χ2v) is 6.18. The highest BCUT2D eigenvalue weighted by Gasteiger charge is 2.08. The number of aromatic nitrogens is 4. The van der Waals surface area contributed by atoms with Crippen molar-refractivity contribution in [2.24, 2.45) is 7.05 Å². The Bertz CT molecular complexity index is 871. The fourth-order valence-corrected chi connectivity index (χ4v) is 2.58. The first-order valence-electron chi connectivity index (χ1n) is 8.13. The van der Waals surface area contributed by atoms with Crippen LogP contribution in [0.2, 0.25) is 0 Å². The Kier molecular flexibility index (Phi) is 5.23. The number of nitrogens with two attached hydrogens (primary N) is 1. The number of hydrogen-bond acceptors (Lipinski definition) is 6. The molecule has 26 heavy (non-hydrogen) atoms. The van der Waals surface area contributed by atoms with Crippen LogP contribution in [-0.4, -0.2) is 37.6 Å². The van der Waals surface area contributed by atoms with Gasteiger partial charge in [-0.1, -0.05) is 12.1 Å². The molecule has 134 valence electrons. The van der Waals surface area contributed by atoms with Crippen LogP contribution in [0.4, 0.5) is 11.6 Å². The van der Waals surface area contributed by atoms with Crippen molar-refractivity contribution < 1.29 is 4.79 Å². The van der Waals surface area contributed by atoms with Gasteiger partial charge in [0.1, 0.15) is 0 Å². The number of anilines is 2. The van der Waals surface area contributed by atoms with Crippen LogP contribution < -0.4 is 11.1 Å². The molecule has 0 unspecified atom stereocenters. The molecule has 0 atom stereocenters. The summed E-state index contributed by atoms with van der Waals surface area (Å²) >= 11 is 0. The Morgan fingerprint density at radius 3 is 2.38 bits per heavy atom. The van der Waals surface area contributed by atoms with E-state index < -0.39 is 0 Å². The first-order chi connectivity index (χ1) is 12.5. The van der Waals surface area contributed by atoms with Crippen LogP contribution in [0.15, 0.2) is 49.1 Å². The molecule has 1 aromatic carbocycles. The molecule has 2 aromatic heterocycles. The van der Waals surface area contributed by atoms with Gasteiger partial charge in [-0.3, -0.25) is 14.4 Å². The number of aryl methyl sites for hydroxylation is 1. The van der Waals surface area contributed by atoms with Crippen LogP contribution in [0.1, 0.15) is 21.5 Å².